The van der Waals surface area contributed by atoms with Crippen molar-refractivity contribution in [2.75, 3.05) is 40.9 Å². The number of hydrogen-bond acceptors (Lipinski definition) is 12. The number of esters is 1. The third-order valence-electron chi connectivity index (χ3n) is 13.1. The van der Waals surface area contributed by atoms with Gasteiger partial charge >= 0.3 is 12.1 Å². The maximum atomic E-state index is 14.5. The molecule has 13 heteroatoms. The molecule has 318 valence electrons. The van der Waals surface area contributed by atoms with Gasteiger partial charge in [-0.15, -0.1) is 0 Å². The number of fused-ring (bicyclic) bond motifs is 2. The molecular weight excluding hydrogens is 743 g/mol. The molecule has 3 fully saturated rings. The molecule has 58 heavy (non-hydrogen) atoms. The number of likely N-dealkylation sites (N-methyl/N-ethyl adjacent to an activating group) is 1. The van der Waals surface area contributed by atoms with Crippen LogP contribution in [0, 0.1) is 23.7 Å². The average molecular weight is 806 g/mol. The van der Waals surface area contributed by atoms with Gasteiger partial charge in [0.05, 0.1) is 44.1 Å². The number of aliphatic hydroxyl groups is 1. The summed E-state index contributed by atoms with van der Waals surface area (Å²) in [5.41, 5.74) is -0.549. The quantitative estimate of drug-likeness (QED) is 0.250. The summed E-state index contributed by atoms with van der Waals surface area (Å²) in [6.07, 6.45) is 0.166. The van der Waals surface area contributed by atoms with Crippen molar-refractivity contribution in [1.82, 2.24) is 9.80 Å². The molecule has 1 amide bonds. The van der Waals surface area contributed by atoms with Gasteiger partial charge in [-0.1, -0.05) is 51.1 Å². The fraction of sp³-hybridized carbons (Fsp3) is 0.644. The molecule has 0 radical (unpaired) electrons. The average Bonchev–Trinajstić information content (AvgIpc) is 3.31. The highest BCUT2D eigenvalue weighted by Crippen LogP contribution is 2.43. The zero-order chi connectivity index (χ0) is 42.3. The fourth-order valence-electron chi connectivity index (χ4n) is 9.76. The molecule has 4 aliphatic rings. The molecular formula is C45H63N3O10. The van der Waals surface area contributed by atoms with Gasteiger partial charge in [0.25, 0.3) is 0 Å². The first kappa shape index (κ1) is 43.7. The minimum absolute atomic E-state index is 0.156. The Hall–Kier alpha value is -3.88. The van der Waals surface area contributed by atoms with Gasteiger partial charge in [-0.3, -0.25) is 19.5 Å². The smallest absolute Gasteiger partial charge is 0.410 e. The maximum Gasteiger partial charge on any atom is 0.410 e. The Morgan fingerprint density at radius 3 is 2.41 bits per heavy atom. The molecule has 2 aromatic carbocycles. The Balaban J connectivity index is 1.40. The fourth-order valence-corrected chi connectivity index (χ4v) is 9.76. The number of ketones is 1. The Kier molecular flexibility index (Phi) is 13.1. The largest absolute Gasteiger partial charge is 0.497 e. The first-order chi connectivity index (χ1) is 27.4. The number of benzene rings is 2. The van der Waals surface area contributed by atoms with E-state index in [1.54, 1.807) is 32.8 Å². The third kappa shape index (κ3) is 8.56. The minimum atomic E-state index is -1.20. The lowest BCUT2D eigenvalue weighted by Crippen LogP contribution is -2.60. The number of hydrogen-bond donors (Lipinski definition) is 1. The number of methoxy groups -OCH3 is 1. The Bertz CT molecular complexity index is 1900. The summed E-state index contributed by atoms with van der Waals surface area (Å²) in [7, 11) is 5.46. The van der Waals surface area contributed by atoms with Gasteiger partial charge in [0.1, 0.15) is 23.9 Å². The summed E-state index contributed by atoms with van der Waals surface area (Å²) < 4.78 is 37.6. The van der Waals surface area contributed by atoms with Crippen LogP contribution < -0.4 is 4.74 Å². The number of amides is 1. The number of carbonyl (C=O) groups excluding carboxylic acids is 3. The lowest BCUT2D eigenvalue weighted by Gasteiger charge is -2.47. The van der Waals surface area contributed by atoms with Crippen molar-refractivity contribution >= 4 is 40.4 Å². The summed E-state index contributed by atoms with van der Waals surface area (Å²) in [4.78, 5) is 50.5. The topological polar surface area (TPSA) is 146 Å². The molecule has 2 bridgehead atoms. The van der Waals surface area contributed by atoms with Gasteiger partial charge < -0.3 is 38.4 Å². The molecule has 0 saturated carbocycles. The second-order valence-electron chi connectivity index (χ2n) is 17.5. The van der Waals surface area contributed by atoms with E-state index in [2.05, 4.69) is 13.0 Å². The number of ether oxygens (including phenoxy) is 6. The van der Waals surface area contributed by atoms with Gasteiger partial charge in [-0.2, -0.15) is 0 Å². The lowest BCUT2D eigenvalue weighted by molar-refractivity contribution is -0.296. The molecule has 0 aromatic heterocycles. The molecule has 13 atom stereocenters. The summed E-state index contributed by atoms with van der Waals surface area (Å²) >= 11 is 0. The molecule has 4 aliphatic heterocycles. The van der Waals surface area contributed by atoms with Crippen LogP contribution in [0.15, 0.2) is 47.5 Å². The van der Waals surface area contributed by atoms with Crippen LogP contribution in [0.3, 0.4) is 0 Å². The van der Waals surface area contributed by atoms with Crippen molar-refractivity contribution < 1.29 is 47.9 Å². The molecule has 1 N–H and O–H groups in total. The highest BCUT2D eigenvalue weighted by atomic mass is 16.7. The molecule has 2 aromatic rings. The summed E-state index contributed by atoms with van der Waals surface area (Å²) in [6.45, 7) is 15.6. The van der Waals surface area contributed by atoms with Gasteiger partial charge in [0, 0.05) is 30.1 Å². The van der Waals surface area contributed by atoms with E-state index in [1.165, 1.54) is 6.92 Å². The summed E-state index contributed by atoms with van der Waals surface area (Å²) in [6, 6.07) is 11.4. The van der Waals surface area contributed by atoms with Crippen LogP contribution >= 0.6 is 0 Å². The van der Waals surface area contributed by atoms with Crippen LogP contribution in [0.2, 0.25) is 0 Å². The van der Waals surface area contributed by atoms with Crippen LogP contribution in [-0.2, 0) is 33.3 Å². The zero-order valence-electron chi connectivity index (χ0n) is 36.0. The molecule has 3 saturated heterocycles. The second-order valence-corrected chi connectivity index (χ2v) is 17.5. The number of aliphatic imine (C=N–C) groups is 1. The number of carbonyl (C=O) groups is 3. The van der Waals surface area contributed by atoms with E-state index in [0.717, 1.165) is 27.8 Å². The molecule has 0 aliphatic carbocycles. The molecule has 6 rings (SSSR count). The van der Waals surface area contributed by atoms with E-state index < -0.39 is 71.5 Å². The lowest BCUT2D eigenvalue weighted by atomic mass is 9.73. The Labute approximate surface area is 343 Å². The first-order valence-electron chi connectivity index (χ1n) is 20.7. The van der Waals surface area contributed by atoms with Gasteiger partial charge in [-0.25, -0.2) is 4.79 Å². The van der Waals surface area contributed by atoms with Crippen molar-refractivity contribution in [3.63, 3.8) is 0 Å². The van der Waals surface area contributed by atoms with Crippen molar-refractivity contribution in [2.24, 2.45) is 28.7 Å². The minimum Gasteiger partial charge on any atom is -0.497 e. The zero-order valence-corrected chi connectivity index (χ0v) is 36.0. The van der Waals surface area contributed by atoms with E-state index >= 15 is 0 Å². The van der Waals surface area contributed by atoms with E-state index in [9.17, 15) is 19.5 Å². The molecule has 4 heterocycles. The van der Waals surface area contributed by atoms with E-state index in [1.807, 2.05) is 82.3 Å². The highest BCUT2D eigenvalue weighted by molar-refractivity contribution is 6.00. The van der Waals surface area contributed by atoms with E-state index in [4.69, 9.17) is 33.4 Å². The Morgan fingerprint density at radius 1 is 1.00 bits per heavy atom. The molecule has 13 nitrogen and oxygen atoms in total. The highest BCUT2D eigenvalue weighted by Gasteiger charge is 2.60. The third-order valence-corrected chi connectivity index (χ3v) is 13.1. The number of Topliss-reactive ketones (excluding diaryl/α,β-unsaturated/α-hetero) is 1. The molecule has 1 unspecified atom stereocenters. The van der Waals surface area contributed by atoms with Gasteiger partial charge in [0.2, 0.25) is 0 Å². The van der Waals surface area contributed by atoms with E-state index in [-0.39, 0.29) is 30.6 Å². The van der Waals surface area contributed by atoms with Gasteiger partial charge in [0.15, 0.2) is 17.7 Å². The van der Waals surface area contributed by atoms with Crippen molar-refractivity contribution in [1.29, 1.82) is 0 Å². The number of rotatable bonds is 8. The maximum absolute atomic E-state index is 14.5. The first-order valence-corrected chi connectivity index (χ1v) is 20.7. The van der Waals surface area contributed by atoms with Crippen LogP contribution in [0.1, 0.15) is 73.8 Å². The number of aliphatic hydroxyl groups excluding tert-OH is 1. The van der Waals surface area contributed by atoms with Crippen LogP contribution in [-0.4, -0.2) is 133 Å². The second kappa shape index (κ2) is 17.4. The van der Waals surface area contributed by atoms with Crippen molar-refractivity contribution in [3.05, 3.63) is 48.0 Å². The van der Waals surface area contributed by atoms with Crippen LogP contribution in [0.4, 0.5) is 4.79 Å². The van der Waals surface area contributed by atoms with E-state index in [0.29, 0.717) is 25.9 Å². The van der Waals surface area contributed by atoms with Crippen molar-refractivity contribution in [2.45, 2.75) is 122 Å². The van der Waals surface area contributed by atoms with Crippen LogP contribution in [0.5, 0.6) is 5.75 Å². The summed E-state index contributed by atoms with van der Waals surface area (Å²) in [5, 5.41) is 13.8. The standard InChI is InChI=1S/C45H63N3O10/c1-25-24-44(7,54-20-12-13-31-14-15-33-23-34(53-11)17-16-32(33)22-31)40(57-42-38(50)35(47(9)10)21-26(2)55-42)28(4)37(49)29(5)41(51)56-30(6)45(8)39-27(3)36(25)46-18-19-48(39)43(52)58-45/h12-17,22-23,25-30,35,38-40,42,50H,18-21,24H2,1-11H3/b13-12+/t25-,26+,27+,28+,29-,30-,35-,38?,39-,40-,42-,44+,45-/m1/s1. The monoisotopic (exact) mass is 805 g/mol. The van der Waals surface area contributed by atoms with Gasteiger partial charge in [-0.05, 0) is 102 Å². The Morgan fingerprint density at radius 2 is 1.71 bits per heavy atom. The van der Waals surface area contributed by atoms with Crippen molar-refractivity contribution in [3.8, 4) is 5.75 Å². The van der Waals surface area contributed by atoms with Crippen LogP contribution in [0.25, 0.3) is 16.8 Å². The number of nitrogens with zero attached hydrogens (tertiary/aromatic N) is 3. The summed E-state index contributed by atoms with van der Waals surface area (Å²) in [5.74, 6) is -2.96. The SMILES string of the molecule is COc1ccc2cc(/C=C/CO[C@@]3(C)C[C@@H](C)C4=NCCN5C(=O)O[C@](C)([C@@H](C)OC(=O)[C@H](C)C(=O)[C@H](C)[C@H]3O[C@H]3O[C@@H](C)C[C@@H](N(C)C)C3O)[C@H]5[C@H]4C)ccc2c1. The normalized spacial score (nSPS) is 37.7. The molecule has 0 spiro atoms. The predicted molar refractivity (Wildman–Crippen MR) is 221 cm³/mol. The predicted octanol–water partition coefficient (Wildman–Crippen LogP) is 5.93. The number of cyclic esters (lactones) is 1.